The summed E-state index contributed by atoms with van der Waals surface area (Å²) in [4.78, 5) is 39.2. The van der Waals surface area contributed by atoms with Crippen molar-refractivity contribution >= 4 is 40.6 Å². The standard InChI is InChI=1S/C29H28F3N3O4S/c1-16(2)19-6-9-22(10-7-19)35-17(3)12-20(18(35)4)13-25-27(37)34(28(38)40-25)15-26(36)33-23-14-21(29(30,31)32)8-11-24(23)39-5/h6-14,16H,15H2,1-5H3,(H,33,36)/b25-13-. The Morgan fingerprint density at radius 1 is 1.07 bits per heavy atom. The van der Waals surface area contributed by atoms with Crippen molar-refractivity contribution in [2.24, 2.45) is 0 Å². The Labute approximate surface area is 234 Å². The first-order valence-corrected chi connectivity index (χ1v) is 13.2. The topological polar surface area (TPSA) is 80.6 Å². The fourth-order valence-electron chi connectivity index (χ4n) is 4.43. The minimum absolute atomic E-state index is 0.00425. The highest BCUT2D eigenvalue weighted by molar-refractivity contribution is 8.18. The van der Waals surface area contributed by atoms with Gasteiger partial charge in [0.25, 0.3) is 11.1 Å². The lowest BCUT2D eigenvalue weighted by Crippen LogP contribution is -2.36. The highest BCUT2D eigenvalue weighted by atomic mass is 32.2. The summed E-state index contributed by atoms with van der Waals surface area (Å²) in [5.74, 6) is -1.10. The fraction of sp³-hybridized carbons (Fsp3) is 0.276. The average Bonchev–Trinajstić information content (AvgIpc) is 3.32. The SMILES string of the molecule is COc1ccc(C(F)(F)F)cc1NC(=O)CN1C(=O)S/C(=C\c2cc(C)n(-c3ccc(C(C)C)cc3)c2C)C1=O. The van der Waals surface area contributed by atoms with Gasteiger partial charge in [0, 0.05) is 17.1 Å². The molecule has 1 aliphatic rings. The monoisotopic (exact) mass is 571 g/mol. The molecule has 1 aromatic heterocycles. The summed E-state index contributed by atoms with van der Waals surface area (Å²) in [5.41, 5.74) is 3.54. The molecule has 3 aromatic rings. The van der Waals surface area contributed by atoms with E-state index in [1.54, 1.807) is 6.08 Å². The molecule has 3 amide bonds. The Hall–Kier alpha value is -3.99. The number of aromatic nitrogens is 1. The van der Waals surface area contributed by atoms with Crippen LogP contribution in [0.1, 0.15) is 47.8 Å². The number of imide groups is 1. The minimum Gasteiger partial charge on any atom is -0.495 e. The number of nitrogens with zero attached hydrogens (tertiary/aromatic N) is 2. The number of amides is 3. The zero-order chi connectivity index (χ0) is 29.4. The van der Waals surface area contributed by atoms with E-state index >= 15 is 0 Å². The van der Waals surface area contributed by atoms with Gasteiger partial charge < -0.3 is 14.6 Å². The lowest BCUT2D eigenvalue weighted by atomic mass is 10.0. The van der Waals surface area contributed by atoms with Gasteiger partial charge in [-0.3, -0.25) is 19.3 Å². The number of ether oxygens (including phenoxy) is 1. The molecular formula is C29H28F3N3O4S. The summed E-state index contributed by atoms with van der Waals surface area (Å²) in [6, 6.07) is 12.8. The molecule has 1 aliphatic heterocycles. The van der Waals surface area contributed by atoms with Crippen LogP contribution in [0.3, 0.4) is 0 Å². The Morgan fingerprint density at radius 3 is 2.35 bits per heavy atom. The largest absolute Gasteiger partial charge is 0.495 e. The van der Waals surface area contributed by atoms with E-state index in [1.165, 1.54) is 12.7 Å². The van der Waals surface area contributed by atoms with E-state index < -0.39 is 35.3 Å². The number of methoxy groups -OCH3 is 1. The quantitative estimate of drug-likeness (QED) is 0.312. The number of hydrogen-bond acceptors (Lipinski definition) is 5. The lowest BCUT2D eigenvalue weighted by molar-refractivity contribution is -0.137. The van der Waals surface area contributed by atoms with Crippen LogP contribution in [-0.2, 0) is 15.8 Å². The van der Waals surface area contributed by atoms with Gasteiger partial charge >= 0.3 is 6.18 Å². The maximum Gasteiger partial charge on any atom is 0.416 e. The molecule has 0 spiro atoms. The van der Waals surface area contributed by atoms with Crippen molar-refractivity contribution in [3.63, 3.8) is 0 Å². The molecule has 0 unspecified atom stereocenters. The van der Waals surface area contributed by atoms with Gasteiger partial charge in [0.1, 0.15) is 12.3 Å². The maximum atomic E-state index is 13.1. The highest BCUT2D eigenvalue weighted by Crippen LogP contribution is 2.36. The lowest BCUT2D eigenvalue weighted by Gasteiger charge is -2.16. The third-order valence-corrected chi connectivity index (χ3v) is 7.46. The number of aryl methyl sites for hydroxylation is 1. The van der Waals surface area contributed by atoms with Gasteiger partial charge in [0.2, 0.25) is 5.91 Å². The molecule has 0 saturated carbocycles. The summed E-state index contributed by atoms with van der Waals surface area (Å²) >= 11 is 0.699. The van der Waals surface area contributed by atoms with Crippen molar-refractivity contribution < 1.29 is 32.3 Å². The van der Waals surface area contributed by atoms with Gasteiger partial charge in [0.05, 0.1) is 23.3 Å². The third-order valence-electron chi connectivity index (χ3n) is 6.55. The van der Waals surface area contributed by atoms with Gasteiger partial charge in [0.15, 0.2) is 0 Å². The second kappa shape index (κ2) is 11.2. The molecular weight excluding hydrogens is 543 g/mol. The van der Waals surface area contributed by atoms with Gasteiger partial charge in [-0.1, -0.05) is 26.0 Å². The predicted molar refractivity (Wildman–Crippen MR) is 149 cm³/mol. The van der Waals surface area contributed by atoms with Crippen molar-refractivity contribution in [1.82, 2.24) is 9.47 Å². The molecule has 40 heavy (non-hydrogen) atoms. The zero-order valence-corrected chi connectivity index (χ0v) is 23.4. The summed E-state index contributed by atoms with van der Waals surface area (Å²) in [7, 11) is 1.25. The summed E-state index contributed by atoms with van der Waals surface area (Å²) in [6.45, 7) is 7.44. The number of anilines is 1. The van der Waals surface area contributed by atoms with Crippen molar-refractivity contribution in [1.29, 1.82) is 0 Å². The Balaban J connectivity index is 1.52. The van der Waals surface area contributed by atoms with Crippen LogP contribution in [0.15, 0.2) is 53.4 Å². The zero-order valence-electron chi connectivity index (χ0n) is 22.6. The van der Waals surface area contributed by atoms with E-state index in [2.05, 4.69) is 35.9 Å². The molecule has 1 N–H and O–H groups in total. The van der Waals surface area contributed by atoms with Crippen LogP contribution in [0.4, 0.5) is 23.7 Å². The molecule has 1 fully saturated rings. The van der Waals surface area contributed by atoms with Gasteiger partial charge in [-0.2, -0.15) is 13.2 Å². The predicted octanol–water partition coefficient (Wildman–Crippen LogP) is 6.92. The second-order valence-electron chi connectivity index (χ2n) is 9.64. The molecule has 4 rings (SSSR count). The molecule has 2 aromatic carbocycles. The molecule has 11 heteroatoms. The van der Waals surface area contributed by atoms with Crippen LogP contribution in [0.2, 0.25) is 0 Å². The number of hydrogen-bond donors (Lipinski definition) is 1. The van der Waals surface area contributed by atoms with Crippen molar-refractivity contribution in [3.05, 3.63) is 81.5 Å². The van der Waals surface area contributed by atoms with E-state index in [-0.39, 0.29) is 16.3 Å². The van der Waals surface area contributed by atoms with Crippen molar-refractivity contribution in [2.45, 2.75) is 39.8 Å². The number of nitrogens with one attached hydrogen (secondary N) is 1. The second-order valence-corrected chi connectivity index (χ2v) is 10.6. The molecule has 1 saturated heterocycles. The van der Waals surface area contributed by atoms with Crippen LogP contribution in [0.5, 0.6) is 5.75 Å². The number of carbonyl (C=O) groups excluding carboxylic acids is 3. The fourth-order valence-corrected chi connectivity index (χ4v) is 5.26. The van der Waals surface area contributed by atoms with Crippen molar-refractivity contribution in [3.8, 4) is 11.4 Å². The summed E-state index contributed by atoms with van der Waals surface area (Å²) < 4.78 is 46.5. The highest BCUT2D eigenvalue weighted by Gasteiger charge is 2.37. The number of benzene rings is 2. The maximum absolute atomic E-state index is 13.1. The molecule has 0 atom stereocenters. The smallest absolute Gasteiger partial charge is 0.416 e. The van der Waals surface area contributed by atoms with Gasteiger partial charge in [-0.25, -0.2) is 0 Å². The molecule has 0 aliphatic carbocycles. The normalized spacial score (nSPS) is 14.9. The first kappa shape index (κ1) is 29.0. The van der Waals surface area contributed by atoms with Gasteiger partial charge in [-0.15, -0.1) is 0 Å². The van der Waals surface area contributed by atoms with Crippen LogP contribution < -0.4 is 10.1 Å². The van der Waals surface area contributed by atoms with Crippen LogP contribution in [0, 0.1) is 13.8 Å². The number of alkyl halides is 3. The molecule has 7 nitrogen and oxygen atoms in total. The first-order valence-electron chi connectivity index (χ1n) is 12.4. The molecule has 2 heterocycles. The van der Waals surface area contributed by atoms with E-state index in [0.717, 1.165) is 45.7 Å². The number of rotatable bonds is 7. The van der Waals surface area contributed by atoms with E-state index in [0.29, 0.717) is 17.7 Å². The van der Waals surface area contributed by atoms with E-state index in [9.17, 15) is 27.6 Å². The third kappa shape index (κ3) is 5.94. The van der Waals surface area contributed by atoms with E-state index in [4.69, 9.17) is 4.74 Å². The van der Waals surface area contributed by atoms with Crippen LogP contribution >= 0.6 is 11.8 Å². The summed E-state index contributed by atoms with van der Waals surface area (Å²) in [6.07, 6.45) is -3.02. The number of halogens is 3. The Bertz CT molecular complexity index is 1510. The molecule has 0 radical (unpaired) electrons. The Kier molecular flexibility index (Phi) is 8.15. The van der Waals surface area contributed by atoms with Crippen LogP contribution in [-0.4, -0.2) is 40.2 Å². The number of carbonyl (C=O) groups is 3. The average molecular weight is 572 g/mol. The molecule has 210 valence electrons. The first-order chi connectivity index (χ1) is 18.8. The Morgan fingerprint density at radius 2 is 1.75 bits per heavy atom. The van der Waals surface area contributed by atoms with Crippen molar-refractivity contribution in [2.75, 3.05) is 19.0 Å². The van der Waals surface area contributed by atoms with Crippen LogP contribution in [0.25, 0.3) is 11.8 Å². The number of thioether (sulfide) groups is 1. The minimum atomic E-state index is -4.63. The van der Waals surface area contributed by atoms with E-state index in [1.807, 2.05) is 32.0 Å². The van der Waals surface area contributed by atoms with Gasteiger partial charge in [-0.05, 0) is 85.1 Å². The molecule has 0 bridgehead atoms. The summed E-state index contributed by atoms with van der Waals surface area (Å²) in [5, 5.41) is 1.66.